The molecule has 2 heterocycles. The van der Waals surface area contributed by atoms with Crippen molar-refractivity contribution in [3.63, 3.8) is 0 Å². The second-order valence-corrected chi connectivity index (χ2v) is 4.86. The topological polar surface area (TPSA) is 49.9 Å². The predicted molar refractivity (Wildman–Crippen MR) is 54.8 cm³/mol. The fourth-order valence-corrected chi connectivity index (χ4v) is 2.60. The Kier molecular flexibility index (Phi) is 2.05. The lowest BCUT2D eigenvalue weighted by Crippen LogP contribution is -2.09. The smallest absolute Gasteiger partial charge is 0.215 e. The number of nitrogens with one attached hydrogen (secondary N) is 1. The zero-order valence-corrected chi connectivity index (χ0v) is 8.50. The lowest BCUT2D eigenvalue weighted by atomic mass is 10.4. The second-order valence-electron chi connectivity index (χ2n) is 2.60. The molecule has 0 fully saturated rings. The summed E-state index contributed by atoms with van der Waals surface area (Å²) in [5.41, 5.74) is 0.689. The number of thiophene rings is 1. The number of H-pyrrole nitrogens is 1. The van der Waals surface area contributed by atoms with Gasteiger partial charge in [-0.1, -0.05) is 0 Å². The van der Waals surface area contributed by atoms with Gasteiger partial charge in [0.15, 0.2) is 0 Å². The highest BCUT2D eigenvalue weighted by Crippen LogP contribution is 2.15. The molecular weight excluding hydrogens is 206 g/mol. The van der Waals surface area contributed by atoms with Crippen LogP contribution in [0.3, 0.4) is 0 Å². The lowest BCUT2D eigenvalue weighted by Gasteiger charge is -1.94. The molecule has 0 saturated carbocycles. The Labute approximate surface area is 80.9 Å². The molecule has 0 saturated heterocycles. The molecule has 5 heteroatoms. The summed E-state index contributed by atoms with van der Waals surface area (Å²) < 4.78 is 11.8. The average molecular weight is 213 g/mol. The fraction of sp³-hybridized carbons (Fsp3) is 0.125. The van der Waals surface area contributed by atoms with Crippen LogP contribution < -0.4 is 5.43 Å². The molecule has 0 radical (unpaired) electrons. The third-order valence-corrected chi connectivity index (χ3v) is 3.60. The highest BCUT2D eigenvalue weighted by Gasteiger charge is 2.07. The minimum atomic E-state index is -1.22. The van der Waals surface area contributed by atoms with E-state index >= 15 is 0 Å². The van der Waals surface area contributed by atoms with Gasteiger partial charge in [-0.25, -0.2) is 0 Å². The first-order chi connectivity index (χ1) is 6.20. The van der Waals surface area contributed by atoms with E-state index in [1.165, 1.54) is 23.8 Å². The summed E-state index contributed by atoms with van der Waals surface area (Å²) in [6.45, 7) is 0. The predicted octanol–water partition coefficient (Wildman–Crippen LogP) is 1.33. The van der Waals surface area contributed by atoms with Gasteiger partial charge >= 0.3 is 0 Å². The van der Waals surface area contributed by atoms with E-state index in [2.05, 4.69) is 4.98 Å². The van der Waals surface area contributed by atoms with Crippen LogP contribution in [0.2, 0.25) is 0 Å². The van der Waals surface area contributed by atoms with Gasteiger partial charge in [-0.05, 0) is 11.4 Å². The van der Waals surface area contributed by atoms with Crippen LogP contribution in [-0.4, -0.2) is 15.4 Å². The van der Waals surface area contributed by atoms with Crippen molar-refractivity contribution in [2.75, 3.05) is 6.26 Å². The molecule has 0 spiro atoms. The molecule has 0 aliphatic carbocycles. The number of rotatable bonds is 1. The zero-order chi connectivity index (χ0) is 9.42. The number of fused-ring (bicyclic) bond motifs is 1. The van der Waals surface area contributed by atoms with Crippen molar-refractivity contribution in [1.82, 2.24) is 4.98 Å². The van der Waals surface area contributed by atoms with Crippen LogP contribution in [0.1, 0.15) is 0 Å². The minimum absolute atomic E-state index is 0.121. The largest absolute Gasteiger partial charge is 0.359 e. The molecule has 3 nitrogen and oxygen atoms in total. The molecule has 2 aromatic rings. The van der Waals surface area contributed by atoms with E-state index in [-0.39, 0.29) is 5.43 Å². The number of hydrogen-bond donors (Lipinski definition) is 1. The van der Waals surface area contributed by atoms with E-state index < -0.39 is 10.8 Å². The van der Waals surface area contributed by atoms with Gasteiger partial charge < -0.3 is 4.98 Å². The van der Waals surface area contributed by atoms with Crippen molar-refractivity contribution < 1.29 is 4.21 Å². The van der Waals surface area contributed by atoms with Gasteiger partial charge in [0.25, 0.3) is 0 Å². The average Bonchev–Trinajstić information content (AvgIpc) is 2.52. The van der Waals surface area contributed by atoms with Gasteiger partial charge in [0.05, 0.1) is 21.0 Å². The van der Waals surface area contributed by atoms with Gasteiger partial charge in [0.1, 0.15) is 4.90 Å². The van der Waals surface area contributed by atoms with E-state index in [1.54, 1.807) is 0 Å². The third kappa shape index (κ3) is 1.34. The van der Waals surface area contributed by atoms with E-state index in [1.807, 2.05) is 11.4 Å². The Morgan fingerprint density at radius 3 is 3.00 bits per heavy atom. The highest BCUT2D eigenvalue weighted by atomic mass is 32.2. The summed E-state index contributed by atoms with van der Waals surface area (Å²) in [6, 6.07) is 1.84. The van der Waals surface area contributed by atoms with E-state index in [0.29, 0.717) is 9.60 Å². The maximum atomic E-state index is 11.6. The maximum absolute atomic E-state index is 11.6. The molecule has 0 aliphatic heterocycles. The summed E-state index contributed by atoms with van der Waals surface area (Å²) >= 11 is 1.37. The van der Waals surface area contributed by atoms with Crippen LogP contribution in [0.25, 0.3) is 10.2 Å². The molecule has 68 valence electrons. The molecule has 0 aromatic carbocycles. The Hall–Kier alpha value is -0.940. The summed E-state index contributed by atoms with van der Waals surface area (Å²) in [5.74, 6) is 0. The molecule has 0 aliphatic rings. The summed E-state index contributed by atoms with van der Waals surface area (Å²) in [7, 11) is -1.22. The fourth-order valence-electron chi connectivity index (χ4n) is 1.13. The maximum Gasteiger partial charge on any atom is 0.215 e. The highest BCUT2D eigenvalue weighted by molar-refractivity contribution is 7.84. The minimum Gasteiger partial charge on any atom is -0.359 e. The Morgan fingerprint density at radius 2 is 2.31 bits per heavy atom. The van der Waals surface area contributed by atoms with Crippen LogP contribution in [-0.2, 0) is 10.8 Å². The number of aromatic nitrogens is 1. The summed E-state index contributed by atoms with van der Waals surface area (Å²) in [5, 5.41) is 1.84. The zero-order valence-electron chi connectivity index (χ0n) is 6.87. The van der Waals surface area contributed by atoms with Gasteiger partial charge in [-0.3, -0.25) is 9.00 Å². The van der Waals surface area contributed by atoms with E-state index in [4.69, 9.17) is 0 Å². The molecule has 13 heavy (non-hydrogen) atoms. The van der Waals surface area contributed by atoms with Crippen molar-refractivity contribution >= 4 is 32.4 Å². The van der Waals surface area contributed by atoms with Crippen molar-refractivity contribution in [3.8, 4) is 0 Å². The van der Waals surface area contributed by atoms with Gasteiger partial charge in [-0.15, -0.1) is 11.3 Å². The van der Waals surface area contributed by atoms with Gasteiger partial charge in [-0.2, -0.15) is 0 Å². The Balaban J connectivity index is 2.89. The first kappa shape index (κ1) is 8.65. The normalized spacial score (nSPS) is 13.3. The Morgan fingerprint density at radius 1 is 1.54 bits per heavy atom. The monoisotopic (exact) mass is 213 g/mol. The molecule has 2 aromatic heterocycles. The van der Waals surface area contributed by atoms with Crippen molar-refractivity contribution in [2.45, 2.75) is 4.90 Å². The van der Waals surface area contributed by atoms with Crippen molar-refractivity contribution in [1.29, 1.82) is 0 Å². The number of hydrogen-bond acceptors (Lipinski definition) is 3. The van der Waals surface area contributed by atoms with Crippen LogP contribution in [0.4, 0.5) is 0 Å². The first-order valence-corrected chi connectivity index (χ1v) is 6.06. The molecular formula is C8H7NO2S2. The van der Waals surface area contributed by atoms with E-state index in [9.17, 15) is 9.00 Å². The van der Waals surface area contributed by atoms with Crippen LogP contribution >= 0.6 is 11.3 Å². The molecule has 0 amide bonds. The second kappa shape index (κ2) is 3.08. The van der Waals surface area contributed by atoms with Crippen LogP contribution in [0, 0.1) is 0 Å². The molecule has 2 rings (SSSR count). The quantitative estimate of drug-likeness (QED) is 0.777. The van der Waals surface area contributed by atoms with Crippen LogP contribution in [0.5, 0.6) is 0 Å². The lowest BCUT2D eigenvalue weighted by molar-refractivity contribution is 0.686. The SMILES string of the molecule is CS(=O)c1c[nH]c2ccsc2c1=O. The standard InChI is InChI=1S/C8H7NO2S2/c1-13(11)6-4-9-5-2-3-12-8(5)7(6)10/h2-4H,1H3,(H,9,10). The van der Waals surface area contributed by atoms with E-state index in [0.717, 1.165) is 5.52 Å². The van der Waals surface area contributed by atoms with Crippen LogP contribution in [0.15, 0.2) is 27.3 Å². The van der Waals surface area contributed by atoms with Crippen molar-refractivity contribution in [2.24, 2.45) is 0 Å². The first-order valence-electron chi connectivity index (χ1n) is 3.62. The Bertz CT molecular complexity index is 526. The third-order valence-electron chi connectivity index (χ3n) is 1.76. The summed E-state index contributed by atoms with van der Waals surface area (Å²) in [4.78, 5) is 14.9. The van der Waals surface area contributed by atoms with Gasteiger partial charge in [0.2, 0.25) is 5.43 Å². The number of aromatic amines is 1. The van der Waals surface area contributed by atoms with Crippen molar-refractivity contribution in [3.05, 3.63) is 27.9 Å². The number of pyridine rings is 1. The molecule has 1 unspecified atom stereocenters. The molecule has 1 atom stereocenters. The van der Waals surface area contributed by atoms with Gasteiger partial charge in [0, 0.05) is 12.5 Å². The summed E-state index contributed by atoms with van der Waals surface area (Å²) in [6.07, 6.45) is 3.03. The molecule has 1 N–H and O–H groups in total. The molecule has 0 bridgehead atoms.